The zero-order chi connectivity index (χ0) is 17.5. The number of rotatable bonds is 4. The molecule has 1 N–H and O–H groups in total. The van der Waals surface area contributed by atoms with E-state index in [9.17, 15) is 13.2 Å². The highest BCUT2D eigenvalue weighted by Crippen LogP contribution is 2.41. The molecular formula is C17H23NO4S. The second-order valence-electron chi connectivity index (χ2n) is 6.69. The Morgan fingerprint density at radius 3 is 2.57 bits per heavy atom. The molecule has 0 radical (unpaired) electrons. The van der Waals surface area contributed by atoms with Crippen molar-refractivity contribution in [2.45, 2.75) is 50.0 Å². The van der Waals surface area contributed by atoms with Crippen molar-refractivity contribution >= 4 is 16.0 Å². The summed E-state index contributed by atoms with van der Waals surface area (Å²) in [5.41, 5.74) is -0.223. The van der Waals surface area contributed by atoms with Gasteiger partial charge in [0.1, 0.15) is 0 Å². The molecule has 0 saturated heterocycles. The number of esters is 1. The lowest BCUT2D eigenvalue weighted by molar-refractivity contribution is -0.150. The Labute approximate surface area is 137 Å². The van der Waals surface area contributed by atoms with E-state index in [-0.39, 0.29) is 23.3 Å². The Morgan fingerprint density at radius 2 is 2.04 bits per heavy atom. The molecule has 1 atom stereocenters. The lowest BCUT2D eigenvalue weighted by Gasteiger charge is -2.27. The summed E-state index contributed by atoms with van der Waals surface area (Å²) in [7, 11) is -3.76. The molecule has 0 unspecified atom stereocenters. The third kappa shape index (κ3) is 2.93. The summed E-state index contributed by atoms with van der Waals surface area (Å²) in [6, 6.07) is 5.13. The monoisotopic (exact) mass is 337 g/mol. The number of fused-ring (bicyclic) bond motifs is 1. The second-order valence-corrected chi connectivity index (χ2v) is 8.34. The fourth-order valence-corrected chi connectivity index (χ4v) is 4.38. The number of carbonyl (C=O) groups excluding carboxylic acids is 1. The molecule has 0 fully saturated rings. The first kappa shape index (κ1) is 17.7. The predicted molar refractivity (Wildman–Crippen MR) is 88.6 cm³/mol. The predicted octanol–water partition coefficient (Wildman–Crippen LogP) is 2.61. The van der Waals surface area contributed by atoms with Crippen LogP contribution in [0.3, 0.4) is 0 Å². The molecule has 5 nitrogen and oxygen atoms in total. The number of benzene rings is 1. The molecule has 0 saturated carbocycles. The van der Waals surface area contributed by atoms with Crippen LogP contribution in [0.2, 0.25) is 0 Å². The maximum absolute atomic E-state index is 12.6. The van der Waals surface area contributed by atoms with Gasteiger partial charge < -0.3 is 4.74 Å². The summed E-state index contributed by atoms with van der Waals surface area (Å²) in [5, 5.41) is 0. The SMILES string of the molecule is C=CC[C@]1(C(=O)OCC)NS(=O)(=O)c2ccc(C(C)(C)C)cc21. The first-order chi connectivity index (χ1) is 10.6. The average molecular weight is 337 g/mol. The van der Waals surface area contributed by atoms with Crippen LogP contribution in [0.15, 0.2) is 35.7 Å². The molecule has 126 valence electrons. The maximum atomic E-state index is 12.6. The molecule has 1 heterocycles. The van der Waals surface area contributed by atoms with Crippen molar-refractivity contribution < 1.29 is 17.9 Å². The lowest BCUT2D eigenvalue weighted by Crippen LogP contribution is -2.47. The van der Waals surface area contributed by atoms with Crippen molar-refractivity contribution in [3.63, 3.8) is 0 Å². The highest BCUT2D eigenvalue weighted by molar-refractivity contribution is 7.90. The van der Waals surface area contributed by atoms with Gasteiger partial charge in [-0.1, -0.05) is 39.0 Å². The van der Waals surface area contributed by atoms with Crippen molar-refractivity contribution in [3.05, 3.63) is 42.0 Å². The Kier molecular flexibility index (Phi) is 4.43. The molecule has 1 aromatic carbocycles. The van der Waals surface area contributed by atoms with Crippen LogP contribution in [0.5, 0.6) is 0 Å². The molecule has 0 aliphatic carbocycles. The van der Waals surface area contributed by atoms with Crippen LogP contribution in [0.25, 0.3) is 0 Å². The molecule has 1 aromatic rings. The third-order valence-corrected chi connectivity index (χ3v) is 5.53. The van der Waals surface area contributed by atoms with Gasteiger partial charge in [0.05, 0.1) is 11.5 Å². The molecule has 0 bridgehead atoms. The van der Waals surface area contributed by atoms with Crippen molar-refractivity contribution in [3.8, 4) is 0 Å². The van der Waals surface area contributed by atoms with Gasteiger partial charge in [0.25, 0.3) is 0 Å². The summed E-state index contributed by atoms with van der Waals surface area (Å²) >= 11 is 0. The van der Waals surface area contributed by atoms with E-state index in [1.807, 2.05) is 20.8 Å². The van der Waals surface area contributed by atoms with Crippen molar-refractivity contribution in [2.75, 3.05) is 6.61 Å². The number of sulfonamides is 1. The lowest BCUT2D eigenvalue weighted by atomic mass is 9.81. The molecule has 0 spiro atoms. The normalized spacial score (nSPS) is 22.4. The van der Waals surface area contributed by atoms with Gasteiger partial charge in [0, 0.05) is 5.56 Å². The van der Waals surface area contributed by atoms with Crippen LogP contribution >= 0.6 is 0 Å². The van der Waals surface area contributed by atoms with Crippen LogP contribution in [0.1, 0.15) is 45.2 Å². The Balaban J connectivity index is 2.74. The van der Waals surface area contributed by atoms with Gasteiger partial charge in [-0.15, -0.1) is 6.58 Å². The smallest absolute Gasteiger partial charge is 0.332 e. The van der Waals surface area contributed by atoms with Crippen molar-refractivity contribution in [2.24, 2.45) is 0 Å². The third-order valence-electron chi connectivity index (χ3n) is 3.98. The van der Waals surface area contributed by atoms with E-state index in [4.69, 9.17) is 4.74 Å². The van der Waals surface area contributed by atoms with E-state index < -0.39 is 21.5 Å². The van der Waals surface area contributed by atoms with E-state index in [2.05, 4.69) is 11.3 Å². The summed E-state index contributed by atoms with van der Waals surface area (Å²) in [6.45, 7) is 11.6. The van der Waals surface area contributed by atoms with Crippen molar-refractivity contribution in [1.82, 2.24) is 4.72 Å². The van der Waals surface area contributed by atoms with E-state index in [1.165, 1.54) is 6.08 Å². The van der Waals surface area contributed by atoms with E-state index in [0.29, 0.717) is 5.56 Å². The Hall–Kier alpha value is -1.66. The average Bonchev–Trinajstić information content (AvgIpc) is 2.67. The van der Waals surface area contributed by atoms with Gasteiger partial charge in [-0.05, 0) is 30.4 Å². The van der Waals surface area contributed by atoms with Crippen LogP contribution < -0.4 is 4.72 Å². The van der Waals surface area contributed by atoms with Crippen LogP contribution in [-0.4, -0.2) is 21.0 Å². The van der Waals surface area contributed by atoms with Gasteiger partial charge in [0.15, 0.2) is 5.54 Å². The fraction of sp³-hybridized carbons (Fsp3) is 0.471. The van der Waals surface area contributed by atoms with Crippen LogP contribution in [-0.2, 0) is 30.5 Å². The standard InChI is InChI=1S/C17H23NO4S/c1-6-10-17(15(19)22-7-2)13-11-12(16(3,4)5)8-9-14(13)23(20,21)18-17/h6,8-9,11,18H,1,7,10H2,2-5H3/t17-/m0/s1. The largest absolute Gasteiger partial charge is 0.464 e. The van der Waals surface area contributed by atoms with Gasteiger partial charge in [-0.2, -0.15) is 4.72 Å². The number of carbonyl (C=O) groups is 1. The van der Waals surface area contributed by atoms with E-state index in [1.54, 1.807) is 25.1 Å². The molecule has 0 amide bonds. The zero-order valence-electron chi connectivity index (χ0n) is 14.0. The minimum Gasteiger partial charge on any atom is -0.464 e. The molecule has 23 heavy (non-hydrogen) atoms. The first-order valence-corrected chi connectivity index (χ1v) is 9.04. The van der Waals surface area contributed by atoms with Gasteiger partial charge in [-0.25, -0.2) is 13.2 Å². The fourth-order valence-electron chi connectivity index (χ4n) is 2.76. The maximum Gasteiger partial charge on any atom is 0.332 e. The van der Waals surface area contributed by atoms with Crippen LogP contribution in [0.4, 0.5) is 0 Å². The number of ether oxygens (including phenoxy) is 1. The Morgan fingerprint density at radius 1 is 1.39 bits per heavy atom. The van der Waals surface area contributed by atoms with E-state index >= 15 is 0 Å². The Bertz CT molecular complexity index is 746. The van der Waals surface area contributed by atoms with Crippen molar-refractivity contribution in [1.29, 1.82) is 0 Å². The van der Waals surface area contributed by atoms with Crippen LogP contribution in [0, 0.1) is 0 Å². The quantitative estimate of drug-likeness (QED) is 0.677. The molecule has 1 aliphatic heterocycles. The van der Waals surface area contributed by atoms with E-state index in [0.717, 1.165) is 5.56 Å². The highest BCUT2D eigenvalue weighted by atomic mass is 32.2. The zero-order valence-corrected chi connectivity index (χ0v) is 14.8. The second kappa shape index (κ2) is 5.76. The summed E-state index contributed by atoms with van der Waals surface area (Å²) in [6.07, 6.45) is 1.66. The molecule has 1 aliphatic rings. The number of nitrogens with one attached hydrogen (secondary N) is 1. The highest BCUT2D eigenvalue weighted by Gasteiger charge is 2.52. The minimum absolute atomic E-state index is 0.125. The topological polar surface area (TPSA) is 72.5 Å². The number of hydrogen-bond donors (Lipinski definition) is 1. The summed E-state index contributed by atoms with van der Waals surface area (Å²) < 4.78 is 32.6. The van der Waals surface area contributed by atoms with Gasteiger partial charge >= 0.3 is 5.97 Å². The van der Waals surface area contributed by atoms with Gasteiger partial charge in [0.2, 0.25) is 10.0 Å². The molecule has 0 aromatic heterocycles. The first-order valence-electron chi connectivity index (χ1n) is 7.55. The molecule has 6 heteroatoms. The summed E-state index contributed by atoms with van der Waals surface area (Å²) in [4.78, 5) is 12.7. The number of hydrogen-bond acceptors (Lipinski definition) is 4. The summed E-state index contributed by atoms with van der Waals surface area (Å²) in [5.74, 6) is -0.603. The van der Waals surface area contributed by atoms with Gasteiger partial charge in [-0.3, -0.25) is 0 Å². The molecular weight excluding hydrogens is 314 g/mol. The molecule has 2 rings (SSSR count). The minimum atomic E-state index is -3.76.